The third-order valence-corrected chi connectivity index (χ3v) is 2.01. The van der Waals surface area contributed by atoms with Crippen LogP contribution in [0.3, 0.4) is 0 Å². The number of carbonyl (C=O) groups excluding carboxylic acids is 2. The van der Waals surface area contributed by atoms with Crippen LogP contribution in [0.5, 0.6) is 0 Å². The molecular formula is C10H14N2O2. The summed E-state index contributed by atoms with van der Waals surface area (Å²) >= 11 is 0. The normalized spacial score (nSPS) is 22.9. The van der Waals surface area contributed by atoms with E-state index < -0.39 is 0 Å². The summed E-state index contributed by atoms with van der Waals surface area (Å²) in [5, 5.41) is 5.30. The van der Waals surface area contributed by atoms with E-state index in [0.717, 1.165) is 5.70 Å². The van der Waals surface area contributed by atoms with Gasteiger partial charge in [0.1, 0.15) is 6.04 Å². The Balaban J connectivity index is 2.53. The number of allylic oxidation sites excluding steroid dienone is 3. The Kier molecular flexibility index (Phi) is 3.45. The maximum absolute atomic E-state index is 11.3. The van der Waals surface area contributed by atoms with Gasteiger partial charge < -0.3 is 5.32 Å². The van der Waals surface area contributed by atoms with Gasteiger partial charge in [0.25, 0.3) is 0 Å². The monoisotopic (exact) mass is 194 g/mol. The SMILES string of the molecule is C=C/C=C(\C)NC1CCC(=O)NC1=O. The number of piperidine rings is 1. The van der Waals surface area contributed by atoms with Crippen molar-refractivity contribution in [3.63, 3.8) is 0 Å². The molecule has 2 amide bonds. The van der Waals surface area contributed by atoms with Gasteiger partial charge in [-0.3, -0.25) is 14.9 Å². The lowest BCUT2D eigenvalue weighted by atomic mass is 10.1. The predicted octanol–water partition coefficient (Wildman–Crippen LogP) is 0.471. The average molecular weight is 194 g/mol. The maximum atomic E-state index is 11.3. The molecule has 76 valence electrons. The molecule has 1 saturated heterocycles. The van der Waals surface area contributed by atoms with Gasteiger partial charge in [-0.15, -0.1) is 0 Å². The van der Waals surface area contributed by atoms with E-state index >= 15 is 0 Å². The molecule has 1 rings (SSSR count). The summed E-state index contributed by atoms with van der Waals surface area (Å²) in [7, 11) is 0. The van der Waals surface area contributed by atoms with E-state index in [0.29, 0.717) is 12.8 Å². The number of rotatable bonds is 3. The molecule has 0 aromatic heterocycles. The minimum Gasteiger partial charge on any atom is -0.377 e. The second-order valence-electron chi connectivity index (χ2n) is 3.23. The number of amides is 2. The number of carbonyl (C=O) groups is 2. The van der Waals surface area contributed by atoms with Crippen molar-refractivity contribution in [3.8, 4) is 0 Å². The van der Waals surface area contributed by atoms with E-state index in [-0.39, 0.29) is 17.9 Å². The van der Waals surface area contributed by atoms with Gasteiger partial charge in [0.15, 0.2) is 0 Å². The quantitative estimate of drug-likeness (QED) is 0.507. The first-order valence-corrected chi connectivity index (χ1v) is 4.53. The van der Waals surface area contributed by atoms with Crippen LogP contribution in [-0.2, 0) is 9.59 Å². The van der Waals surface area contributed by atoms with Gasteiger partial charge >= 0.3 is 0 Å². The minimum atomic E-state index is -0.302. The Labute approximate surface area is 83.1 Å². The van der Waals surface area contributed by atoms with Gasteiger partial charge in [-0.2, -0.15) is 0 Å². The van der Waals surface area contributed by atoms with Crippen LogP contribution in [0, 0.1) is 0 Å². The molecule has 1 aliphatic heterocycles. The van der Waals surface area contributed by atoms with E-state index in [1.165, 1.54) is 0 Å². The highest BCUT2D eigenvalue weighted by molar-refractivity contribution is 6.00. The van der Waals surface area contributed by atoms with Gasteiger partial charge in [-0.05, 0) is 19.4 Å². The van der Waals surface area contributed by atoms with Gasteiger partial charge in [-0.1, -0.05) is 12.7 Å². The molecule has 0 spiro atoms. The zero-order valence-corrected chi connectivity index (χ0v) is 8.17. The van der Waals surface area contributed by atoms with Crippen molar-refractivity contribution in [1.82, 2.24) is 10.6 Å². The Morgan fingerprint density at radius 2 is 2.36 bits per heavy atom. The smallest absolute Gasteiger partial charge is 0.249 e. The standard InChI is InChI=1S/C10H14N2O2/c1-3-4-7(2)11-8-5-6-9(13)12-10(8)14/h3-4,8,11H,1,5-6H2,2H3,(H,12,13,14)/b7-4+. The van der Waals surface area contributed by atoms with Crippen molar-refractivity contribution in [2.75, 3.05) is 0 Å². The predicted molar refractivity (Wildman–Crippen MR) is 53.3 cm³/mol. The largest absolute Gasteiger partial charge is 0.377 e. The first-order chi connectivity index (χ1) is 6.63. The molecule has 0 aliphatic carbocycles. The van der Waals surface area contributed by atoms with Crippen LogP contribution in [0.25, 0.3) is 0 Å². The van der Waals surface area contributed by atoms with Crippen molar-refractivity contribution >= 4 is 11.8 Å². The number of hydrogen-bond acceptors (Lipinski definition) is 3. The Hall–Kier alpha value is -1.58. The summed E-state index contributed by atoms with van der Waals surface area (Å²) in [4.78, 5) is 22.1. The molecule has 1 heterocycles. The summed E-state index contributed by atoms with van der Waals surface area (Å²) in [6.45, 7) is 5.41. The van der Waals surface area contributed by atoms with Crippen LogP contribution in [0.15, 0.2) is 24.4 Å². The number of hydrogen-bond donors (Lipinski definition) is 2. The van der Waals surface area contributed by atoms with Crippen LogP contribution in [0.2, 0.25) is 0 Å². The molecule has 0 aromatic rings. The molecule has 1 atom stereocenters. The second kappa shape index (κ2) is 4.60. The molecular weight excluding hydrogens is 180 g/mol. The Morgan fingerprint density at radius 1 is 1.64 bits per heavy atom. The van der Waals surface area contributed by atoms with E-state index in [9.17, 15) is 9.59 Å². The molecule has 14 heavy (non-hydrogen) atoms. The zero-order chi connectivity index (χ0) is 10.6. The van der Waals surface area contributed by atoms with Crippen molar-refractivity contribution in [1.29, 1.82) is 0 Å². The van der Waals surface area contributed by atoms with Gasteiger partial charge in [0.2, 0.25) is 11.8 Å². The topological polar surface area (TPSA) is 58.2 Å². The van der Waals surface area contributed by atoms with Crippen molar-refractivity contribution in [2.45, 2.75) is 25.8 Å². The molecule has 4 heteroatoms. The lowest BCUT2D eigenvalue weighted by Gasteiger charge is -2.22. The maximum Gasteiger partial charge on any atom is 0.249 e. The van der Waals surface area contributed by atoms with E-state index in [1.807, 2.05) is 6.92 Å². The summed E-state index contributed by atoms with van der Waals surface area (Å²) < 4.78 is 0. The van der Waals surface area contributed by atoms with Crippen LogP contribution < -0.4 is 10.6 Å². The Bertz CT molecular complexity index is 294. The van der Waals surface area contributed by atoms with Gasteiger partial charge in [0, 0.05) is 12.1 Å². The molecule has 1 unspecified atom stereocenters. The van der Waals surface area contributed by atoms with Crippen molar-refractivity contribution in [2.24, 2.45) is 0 Å². The van der Waals surface area contributed by atoms with Crippen molar-refractivity contribution < 1.29 is 9.59 Å². The highest BCUT2D eigenvalue weighted by atomic mass is 16.2. The van der Waals surface area contributed by atoms with Gasteiger partial charge in [-0.25, -0.2) is 0 Å². The van der Waals surface area contributed by atoms with E-state index in [1.54, 1.807) is 12.2 Å². The van der Waals surface area contributed by atoms with Crippen LogP contribution in [-0.4, -0.2) is 17.9 Å². The molecule has 0 aromatic carbocycles. The summed E-state index contributed by atoms with van der Waals surface area (Å²) in [6, 6.07) is -0.302. The first kappa shape index (κ1) is 10.5. The van der Waals surface area contributed by atoms with E-state index in [4.69, 9.17) is 0 Å². The highest BCUT2D eigenvalue weighted by Crippen LogP contribution is 2.05. The third kappa shape index (κ3) is 2.73. The summed E-state index contributed by atoms with van der Waals surface area (Å²) in [5.41, 5.74) is 0.870. The second-order valence-corrected chi connectivity index (χ2v) is 3.23. The average Bonchev–Trinajstić information content (AvgIpc) is 2.10. The van der Waals surface area contributed by atoms with Crippen LogP contribution >= 0.6 is 0 Å². The highest BCUT2D eigenvalue weighted by Gasteiger charge is 2.25. The van der Waals surface area contributed by atoms with E-state index in [2.05, 4.69) is 17.2 Å². The molecule has 1 aliphatic rings. The third-order valence-electron chi connectivity index (χ3n) is 2.01. The number of imide groups is 1. The summed E-state index contributed by atoms with van der Waals surface area (Å²) in [5.74, 6) is -0.448. The molecule has 0 saturated carbocycles. The lowest BCUT2D eigenvalue weighted by Crippen LogP contribution is -2.50. The Morgan fingerprint density at radius 3 is 2.93 bits per heavy atom. The first-order valence-electron chi connectivity index (χ1n) is 4.53. The zero-order valence-electron chi connectivity index (χ0n) is 8.17. The molecule has 1 fully saturated rings. The fourth-order valence-electron chi connectivity index (χ4n) is 1.33. The lowest BCUT2D eigenvalue weighted by molar-refractivity contribution is -0.134. The van der Waals surface area contributed by atoms with Gasteiger partial charge in [0.05, 0.1) is 0 Å². The summed E-state index contributed by atoms with van der Waals surface area (Å²) in [6.07, 6.45) is 4.37. The minimum absolute atomic E-state index is 0.196. The number of nitrogens with one attached hydrogen (secondary N) is 2. The molecule has 0 bridgehead atoms. The molecule has 0 radical (unpaired) electrons. The van der Waals surface area contributed by atoms with Crippen LogP contribution in [0.1, 0.15) is 19.8 Å². The molecule has 2 N–H and O–H groups in total. The van der Waals surface area contributed by atoms with Crippen LogP contribution in [0.4, 0.5) is 0 Å². The molecule has 4 nitrogen and oxygen atoms in total. The van der Waals surface area contributed by atoms with Crippen molar-refractivity contribution in [3.05, 3.63) is 24.4 Å². The fourth-order valence-corrected chi connectivity index (χ4v) is 1.33. The fraction of sp³-hybridized carbons (Fsp3) is 0.400.